The molecule has 1 aliphatic rings. The Bertz CT molecular complexity index is 640. The molecular weight excluding hydrogens is 368 g/mol. The van der Waals surface area contributed by atoms with Gasteiger partial charge in [-0.2, -0.15) is 0 Å². The molecule has 0 spiro atoms. The second kappa shape index (κ2) is 7.10. The lowest BCUT2D eigenvalue weighted by Gasteiger charge is -2.30. The van der Waals surface area contributed by atoms with Crippen LogP contribution < -0.4 is 5.32 Å². The molecule has 0 aliphatic carbocycles. The Kier molecular flexibility index (Phi) is 5.63. The van der Waals surface area contributed by atoms with Crippen LogP contribution in [0, 0.1) is 5.92 Å². The lowest BCUT2D eigenvalue weighted by molar-refractivity contribution is -0.126. The van der Waals surface area contributed by atoms with Gasteiger partial charge in [-0.1, -0.05) is 34.1 Å². The Balaban J connectivity index is 1.93. The van der Waals surface area contributed by atoms with E-state index in [0.717, 1.165) is 10.0 Å². The molecule has 7 heteroatoms. The number of halogens is 1. The van der Waals surface area contributed by atoms with Gasteiger partial charge in [-0.25, -0.2) is 12.7 Å². The highest BCUT2D eigenvalue weighted by Crippen LogP contribution is 2.24. The maximum Gasteiger partial charge on any atom is 0.223 e. The summed E-state index contributed by atoms with van der Waals surface area (Å²) in [7, 11) is -3.15. The quantitative estimate of drug-likeness (QED) is 0.860. The second-order valence-corrected chi connectivity index (χ2v) is 8.52. The number of benzene rings is 1. The minimum Gasteiger partial charge on any atom is -0.349 e. The van der Waals surface area contributed by atoms with Gasteiger partial charge >= 0.3 is 0 Å². The monoisotopic (exact) mass is 388 g/mol. The standard InChI is InChI=1S/C15H21BrN2O3S/c1-11(13-5-3-4-6-14(13)16)17-15(19)12-7-9-18(10-8-12)22(2,20)21/h3-6,11-12H,7-10H2,1-2H3,(H,17,19). The average molecular weight is 389 g/mol. The van der Waals surface area contributed by atoms with E-state index in [1.807, 2.05) is 31.2 Å². The van der Waals surface area contributed by atoms with Crippen LogP contribution in [-0.4, -0.2) is 38.0 Å². The highest BCUT2D eigenvalue weighted by Gasteiger charge is 2.29. The smallest absolute Gasteiger partial charge is 0.223 e. The third kappa shape index (κ3) is 4.30. The molecule has 22 heavy (non-hydrogen) atoms. The number of hydrogen-bond acceptors (Lipinski definition) is 3. The van der Waals surface area contributed by atoms with Gasteiger partial charge in [0.15, 0.2) is 0 Å². The summed E-state index contributed by atoms with van der Waals surface area (Å²) in [6.45, 7) is 2.78. The Hall–Kier alpha value is -0.920. The zero-order chi connectivity index (χ0) is 16.3. The van der Waals surface area contributed by atoms with Gasteiger partial charge in [-0.15, -0.1) is 0 Å². The van der Waals surface area contributed by atoms with Crippen molar-refractivity contribution in [1.82, 2.24) is 9.62 Å². The van der Waals surface area contributed by atoms with E-state index >= 15 is 0 Å². The van der Waals surface area contributed by atoms with Crippen LogP contribution in [0.5, 0.6) is 0 Å². The SMILES string of the molecule is CC(NC(=O)C1CCN(S(C)(=O)=O)CC1)c1ccccc1Br. The molecule has 122 valence electrons. The predicted molar refractivity (Wildman–Crippen MR) is 89.8 cm³/mol. The van der Waals surface area contributed by atoms with Crippen LogP contribution in [0.2, 0.25) is 0 Å². The van der Waals surface area contributed by atoms with Crippen LogP contribution in [0.25, 0.3) is 0 Å². The summed E-state index contributed by atoms with van der Waals surface area (Å²) in [6.07, 6.45) is 2.35. The van der Waals surface area contributed by atoms with Crippen molar-refractivity contribution in [2.45, 2.75) is 25.8 Å². The van der Waals surface area contributed by atoms with E-state index in [1.165, 1.54) is 10.6 Å². The first-order valence-corrected chi connectivity index (χ1v) is 9.93. The summed E-state index contributed by atoms with van der Waals surface area (Å²) in [5, 5.41) is 3.02. The van der Waals surface area contributed by atoms with E-state index in [-0.39, 0.29) is 17.9 Å². The van der Waals surface area contributed by atoms with Crippen molar-refractivity contribution in [3.05, 3.63) is 34.3 Å². The molecule has 0 bridgehead atoms. The van der Waals surface area contributed by atoms with Gasteiger partial charge in [-0.05, 0) is 31.4 Å². The number of carbonyl (C=O) groups is 1. The molecule has 1 unspecified atom stereocenters. The van der Waals surface area contributed by atoms with Crippen molar-refractivity contribution in [2.75, 3.05) is 19.3 Å². The van der Waals surface area contributed by atoms with Gasteiger partial charge in [0, 0.05) is 23.5 Å². The normalized spacial score (nSPS) is 18.9. The molecule has 0 saturated carbocycles. The Morgan fingerprint density at radius 3 is 2.45 bits per heavy atom. The van der Waals surface area contributed by atoms with E-state index in [4.69, 9.17) is 0 Å². The van der Waals surface area contributed by atoms with Crippen LogP contribution >= 0.6 is 15.9 Å². The topological polar surface area (TPSA) is 66.5 Å². The molecule has 1 aromatic rings. The number of piperidine rings is 1. The third-order valence-electron chi connectivity index (χ3n) is 4.02. The molecule has 1 aromatic carbocycles. The molecule has 1 aliphatic heterocycles. The third-order valence-corrected chi connectivity index (χ3v) is 6.05. The van der Waals surface area contributed by atoms with Crippen molar-refractivity contribution in [1.29, 1.82) is 0 Å². The van der Waals surface area contributed by atoms with E-state index in [9.17, 15) is 13.2 Å². The summed E-state index contributed by atoms with van der Waals surface area (Å²) >= 11 is 3.49. The average Bonchev–Trinajstić information content (AvgIpc) is 2.46. The highest BCUT2D eigenvalue weighted by atomic mass is 79.9. The van der Waals surface area contributed by atoms with Crippen molar-refractivity contribution >= 4 is 31.9 Å². The van der Waals surface area contributed by atoms with E-state index in [0.29, 0.717) is 25.9 Å². The molecule has 1 fully saturated rings. The van der Waals surface area contributed by atoms with Crippen molar-refractivity contribution in [3.63, 3.8) is 0 Å². The summed E-state index contributed by atoms with van der Waals surface area (Å²) in [6, 6.07) is 7.70. The first-order chi connectivity index (χ1) is 10.3. The van der Waals surface area contributed by atoms with Gasteiger partial charge in [0.2, 0.25) is 15.9 Å². The molecule has 1 heterocycles. The summed E-state index contributed by atoms with van der Waals surface area (Å²) in [4.78, 5) is 12.4. The fraction of sp³-hybridized carbons (Fsp3) is 0.533. The van der Waals surface area contributed by atoms with E-state index < -0.39 is 10.0 Å². The maximum atomic E-state index is 12.4. The van der Waals surface area contributed by atoms with Crippen LogP contribution in [-0.2, 0) is 14.8 Å². The van der Waals surface area contributed by atoms with Crippen LogP contribution in [0.4, 0.5) is 0 Å². The van der Waals surface area contributed by atoms with E-state index in [1.54, 1.807) is 0 Å². The van der Waals surface area contributed by atoms with Crippen molar-refractivity contribution in [2.24, 2.45) is 5.92 Å². The molecule has 1 N–H and O–H groups in total. The highest BCUT2D eigenvalue weighted by molar-refractivity contribution is 9.10. The first-order valence-electron chi connectivity index (χ1n) is 7.29. The number of hydrogen-bond donors (Lipinski definition) is 1. The molecular formula is C15H21BrN2O3S. The summed E-state index contributed by atoms with van der Waals surface area (Å²) < 4.78 is 25.4. The first kappa shape index (κ1) is 17.4. The zero-order valence-electron chi connectivity index (χ0n) is 12.8. The van der Waals surface area contributed by atoms with Crippen LogP contribution in [0.1, 0.15) is 31.4 Å². The van der Waals surface area contributed by atoms with Crippen LogP contribution in [0.15, 0.2) is 28.7 Å². The van der Waals surface area contributed by atoms with E-state index in [2.05, 4.69) is 21.2 Å². The van der Waals surface area contributed by atoms with Gasteiger partial charge < -0.3 is 5.32 Å². The Morgan fingerprint density at radius 2 is 1.91 bits per heavy atom. The van der Waals surface area contributed by atoms with Gasteiger partial charge in [0.25, 0.3) is 0 Å². The zero-order valence-corrected chi connectivity index (χ0v) is 15.2. The minimum atomic E-state index is -3.15. The number of nitrogens with zero attached hydrogens (tertiary/aromatic N) is 1. The summed E-state index contributed by atoms with van der Waals surface area (Å²) in [5.41, 5.74) is 1.03. The molecule has 0 radical (unpaired) electrons. The minimum absolute atomic E-state index is 0.00333. The fourth-order valence-corrected chi connectivity index (χ4v) is 4.19. The number of nitrogens with one attached hydrogen (secondary N) is 1. The lowest BCUT2D eigenvalue weighted by Crippen LogP contribution is -2.43. The van der Waals surface area contributed by atoms with Crippen molar-refractivity contribution in [3.8, 4) is 0 Å². The molecule has 1 atom stereocenters. The van der Waals surface area contributed by atoms with Gasteiger partial charge in [0.05, 0.1) is 12.3 Å². The second-order valence-electron chi connectivity index (χ2n) is 5.69. The summed E-state index contributed by atoms with van der Waals surface area (Å²) in [5.74, 6) is -0.126. The Labute approximate surface area is 140 Å². The van der Waals surface area contributed by atoms with Gasteiger partial charge in [-0.3, -0.25) is 4.79 Å². The lowest BCUT2D eigenvalue weighted by atomic mass is 9.96. The fourth-order valence-electron chi connectivity index (χ4n) is 2.68. The van der Waals surface area contributed by atoms with Crippen molar-refractivity contribution < 1.29 is 13.2 Å². The molecule has 2 rings (SSSR count). The molecule has 0 aromatic heterocycles. The maximum absolute atomic E-state index is 12.4. The largest absolute Gasteiger partial charge is 0.349 e. The van der Waals surface area contributed by atoms with Gasteiger partial charge in [0.1, 0.15) is 0 Å². The molecule has 1 saturated heterocycles. The number of amides is 1. The number of sulfonamides is 1. The number of rotatable bonds is 4. The Morgan fingerprint density at radius 1 is 1.32 bits per heavy atom. The molecule has 5 nitrogen and oxygen atoms in total. The predicted octanol–water partition coefficient (Wildman–Crippen LogP) is 2.30. The van der Waals surface area contributed by atoms with Crippen LogP contribution in [0.3, 0.4) is 0 Å². The number of carbonyl (C=O) groups excluding carboxylic acids is 1. The molecule has 1 amide bonds.